The molecule has 0 aromatic heterocycles. The molecule has 0 saturated carbocycles. The van der Waals surface area contributed by atoms with Gasteiger partial charge >= 0.3 is 5.97 Å². The molecule has 1 aliphatic heterocycles. The Balaban J connectivity index is 1.66. The second-order valence-corrected chi connectivity index (χ2v) is 7.08. The van der Waals surface area contributed by atoms with Crippen molar-refractivity contribution in [3.8, 4) is 0 Å². The molecule has 0 spiro atoms. The van der Waals surface area contributed by atoms with Crippen molar-refractivity contribution in [2.24, 2.45) is 11.8 Å². The highest BCUT2D eigenvalue weighted by molar-refractivity contribution is 9.10. The number of benzene rings is 1. The normalized spacial score (nSPS) is 24.0. The molecule has 3 rings (SSSR count). The number of amides is 1. The minimum atomic E-state index is -0.198. The highest BCUT2D eigenvalue weighted by Crippen LogP contribution is 2.31. The lowest BCUT2D eigenvalue weighted by molar-refractivity contribution is -0.149. The van der Waals surface area contributed by atoms with Crippen LogP contribution in [0.25, 0.3) is 0 Å². The van der Waals surface area contributed by atoms with Crippen LogP contribution in [0, 0.1) is 11.8 Å². The van der Waals surface area contributed by atoms with Gasteiger partial charge in [0.15, 0.2) is 0 Å². The maximum Gasteiger partial charge on any atom is 0.310 e. The van der Waals surface area contributed by atoms with Crippen LogP contribution in [0.15, 0.2) is 22.7 Å². The van der Waals surface area contributed by atoms with Gasteiger partial charge in [-0.3, -0.25) is 9.59 Å². The van der Waals surface area contributed by atoms with Crippen molar-refractivity contribution in [2.75, 3.05) is 20.2 Å². The van der Waals surface area contributed by atoms with Gasteiger partial charge in [0, 0.05) is 23.5 Å². The smallest absolute Gasteiger partial charge is 0.310 e. The summed E-state index contributed by atoms with van der Waals surface area (Å²) in [5, 5.41) is 0. The van der Waals surface area contributed by atoms with Gasteiger partial charge in [-0.05, 0) is 48.9 Å². The van der Waals surface area contributed by atoms with Gasteiger partial charge in [-0.1, -0.05) is 22.0 Å². The molecule has 22 heavy (non-hydrogen) atoms. The molecular formula is C17H20BrNO3. The fraction of sp³-hybridized carbons (Fsp3) is 0.529. The third kappa shape index (κ3) is 3.05. The average Bonchev–Trinajstić information content (AvgIpc) is 2.96. The maximum absolute atomic E-state index is 12.8. The molecule has 1 heterocycles. The number of hydrogen-bond acceptors (Lipinski definition) is 3. The molecular weight excluding hydrogens is 346 g/mol. The number of esters is 1. The predicted molar refractivity (Wildman–Crippen MR) is 86.4 cm³/mol. The molecule has 2 atom stereocenters. The van der Waals surface area contributed by atoms with Crippen LogP contribution in [-0.2, 0) is 27.2 Å². The Morgan fingerprint density at radius 2 is 2.00 bits per heavy atom. The summed E-state index contributed by atoms with van der Waals surface area (Å²) in [6, 6.07) is 6.23. The summed E-state index contributed by atoms with van der Waals surface area (Å²) in [6.07, 6.45) is 3.29. The molecule has 0 bridgehead atoms. The van der Waals surface area contributed by atoms with Gasteiger partial charge in [-0.25, -0.2) is 0 Å². The molecule has 4 nitrogen and oxygen atoms in total. The van der Waals surface area contributed by atoms with Crippen molar-refractivity contribution in [3.05, 3.63) is 33.8 Å². The number of nitrogens with zero attached hydrogens (tertiary/aromatic N) is 1. The zero-order valence-corrected chi connectivity index (χ0v) is 14.3. The van der Waals surface area contributed by atoms with E-state index < -0.39 is 0 Å². The highest BCUT2D eigenvalue weighted by atomic mass is 79.9. The molecule has 5 heteroatoms. The van der Waals surface area contributed by atoms with Crippen molar-refractivity contribution in [1.29, 1.82) is 0 Å². The van der Waals surface area contributed by atoms with Crippen LogP contribution < -0.4 is 0 Å². The van der Waals surface area contributed by atoms with Gasteiger partial charge in [-0.2, -0.15) is 0 Å². The molecule has 0 radical (unpaired) electrons. The summed E-state index contributed by atoms with van der Waals surface area (Å²) in [6.45, 7) is 1.25. The van der Waals surface area contributed by atoms with Crippen LogP contribution in [0.1, 0.15) is 24.0 Å². The van der Waals surface area contributed by atoms with Crippen LogP contribution >= 0.6 is 15.9 Å². The van der Waals surface area contributed by atoms with E-state index in [2.05, 4.69) is 28.1 Å². The monoisotopic (exact) mass is 365 g/mol. The van der Waals surface area contributed by atoms with E-state index in [1.165, 1.54) is 18.2 Å². The summed E-state index contributed by atoms with van der Waals surface area (Å²) >= 11 is 3.48. The number of rotatable bonds is 2. The van der Waals surface area contributed by atoms with Crippen LogP contribution in [0.4, 0.5) is 0 Å². The number of piperidine rings is 1. The average molecular weight is 366 g/mol. The fourth-order valence-electron chi connectivity index (χ4n) is 3.56. The second-order valence-electron chi connectivity index (χ2n) is 6.16. The van der Waals surface area contributed by atoms with E-state index in [-0.39, 0.29) is 23.7 Å². The van der Waals surface area contributed by atoms with Gasteiger partial charge in [0.05, 0.1) is 13.0 Å². The zero-order chi connectivity index (χ0) is 15.7. The minimum Gasteiger partial charge on any atom is -0.469 e. The third-order valence-corrected chi connectivity index (χ3v) is 5.21. The van der Waals surface area contributed by atoms with Gasteiger partial charge in [0.1, 0.15) is 0 Å². The standard InChI is InChI=1S/C17H20BrNO3/c1-22-17(21)12-3-2-6-19(10-12)16(20)14-7-11-4-5-15(18)9-13(11)8-14/h4-5,9,12,14H,2-3,6-8,10H2,1H3. The maximum atomic E-state index is 12.8. The highest BCUT2D eigenvalue weighted by Gasteiger charge is 2.34. The number of hydrogen-bond donors (Lipinski definition) is 0. The van der Waals surface area contributed by atoms with Gasteiger partial charge in [-0.15, -0.1) is 0 Å². The topological polar surface area (TPSA) is 46.6 Å². The van der Waals surface area contributed by atoms with E-state index in [1.54, 1.807) is 0 Å². The Hall–Kier alpha value is -1.36. The molecule has 2 aliphatic rings. The van der Waals surface area contributed by atoms with Gasteiger partial charge in [0.2, 0.25) is 5.91 Å². The number of carbonyl (C=O) groups is 2. The number of carbonyl (C=O) groups excluding carboxylic acids is 2. The lowest BCUT2D eigenvalue weighted by Crippen LogP contribution is -2.45. The predicted octanol–water partition coefficient (Wildman–Crippen LogP) is 2.58. The van der Waals surface area contributed by atoms with Crippen LogP contribution in [0.5, 0.6) is 0 Å². The lowest BCUT2D eigenvalue weighted by atomic mass is 9.96. The summed E-state index contributed by atoms with van der Waals surface area (Å²) in [4.78, 5) is 26.3. The fourth-order valence-corrected chi connectivity index (χ4v) is 3.96. The molecule has 1 saturated heterocycles. The van der Waals surface area contributed by atoms with E-state index in [0.29, 0.717) is 6.54 Å². The summed E-state index contributed by atoms with van der Waals surface area (Å²) in [5.41, 5.74) is 2.53. The quantitative estimate of drug-likeness (QED) is 0.756. The molecule has 0 N–H and O–H groups in total. The Morgan fingerprint density at radius 3 is 2.77 bits per heavy atom. The first kappa shape index (κ1) is 15.5. The van der Waals surface area contributed by atoms with Gasteiger partial charge < -0.3 is 9.64 Å². The van der Waals surface area contributed by atoms with Crippen molar-refractivity contribution in [3.63, 3.8) is 0 Å². The van der Waals surface area contributed by atoms with Crippen LogP contribution in [0.2, 0.25) is 0 Å². The number of likely N-dealkylation sites (tertiary alicyclic amines) is 1. The number of fused-ring (bicyclic) bond motifs is 1. The number of halogens is 1. The van der Waals surface area contributed by atoms with Gasteiger partial charge in [0.25, 0.3) is 0 Å². The van der Waals surface area contributed by atoms with Crippen molar-refractivity contribution in [2.45, 2.75) is 25.7 Å². The first-order valence-corrected chi connectivity index (χ1v) is 8.51. The first-order valence-electron chi connectivity index (χ1n) is 7.72. The SMILES string of the molecule is COC(=O)C1CCCN(C(=O)C2Cc3ccc(Br)cc3C2)C1. The van der Waals surface area contributed by atoms with Crippen LogP contribution in [0.3, 0.4) is 0 Å². The van der Waals surface area contributed by atoms with E-state index in [0.717, 1.165) is 36.7 Å². The molecule has 1 aromatic carbocycles. The van der Waals surface area contributed by atoms with Crippen molar-refractivity contribution < 1.29 is 14.3 Å². The first-order chi connectivity index (χ1) is 10.6. The Labute approximate surface area is 138 Å². The second kappa shape index (κ2) is 6.41. The van der Waals surface area contributed by atoms with Crippen molar-refractivity contribution in [1.82, 2.24) is 4.90 Å². The zero-order valence-electron chi connectivity index (χ0n) is 12.7. The van der Waals surface area contributed by atoms with Crippen molar-refractivity contribution >= 4 is 27.8 Å². The minimum absolute atomic E-state index is 0.0145. The lowest BCUT2D eigenvalue weighted by Gasteiger charge is -2.33. The molecule has 1 aliphatic carbocycles. The third-order valence-electron chi connectivity index (χ3n) is 4.72. The van der Waals surface area contributed by atoms with E-state index >= 15 is 0 Å². The van der Waals surface area contributed by atoms with E-state index in [1.807, 2.05) is 11.0 Å². The molecule has 2 unspecified atom stereocenters. The summed E-state index contributed by atoms with van der Waals surface area (Å²) in [7, 11) is 1.41. The number of methoxy groups -OCH3 is 1. The van der Waals surface area contributed by atoms with E-state index in [9.17, 15) is 9.59 Å². The summed E-state index contributed by atoms with van der Waals surface area (Å²) in [5.74, 6) is -0.168. The molecule has 1 aromatic rings. The Kier molecular flexibility index (Phi) is 4.52. The molecule has 118 valence electrons. The Bertz CT molecular complexity index is 602. The summed E-state index contributed by atoms with van der Waals surface area (Å²) < 4.78 is 5.88. The molecule has 1 fully saturated rings. The number of ether oxygens (including phenoxy) is 1. The van der Waals surface area contributed by atoms with E-state index in [4.69, 9.17) is 4.74 Å². The van der Waals surface area contributed by atoms with Crippen LogP contribution in [-0.4, -0.2) is 37.0 Å². The Morgan fingerprint density at radius 1 is 1.23 bits per heavy atom. The molecule has 1 amide bonds. The largest absolute Gasteiger partial charge is 0.469 e.